The molecule has 2 nitrogen and oxygen atoms in total. The SMILES string of the molecule is [CH2]CCNCc1ccncc1. The van der Waals surface area contributed by atoms with Gasteiger partial charge >= 0.3 is 0 Å². The van der Waals surface area contributed by atoms with Gasteiger partial charge in [0, 0.05) is 18.9 Å². The molecule has 0 amide bonds. The van der Waals surface area contributed by atoms with Crippen LogP contribution in [0.2, 0.25) is 0 Å². The minimum Gasteiger partial charge on any atom is -0.313 e. The molecule has 0 spiro atoms. The third kappa shape index (κ3) is 3.14. The lowest BCUT2D eigenvalue weighted by Crippen LogP contribution is -2.13. The third-order valence-electron chi connectivity index (χ3n) is 1.43. The average Bonchev–Trinajstić information content (AvgIpc) is 2.07. The van der Waals surface area contributed by atoms with Gasteiger partial charge in [-0.1, -0.05) is 6.92 Å². The van der Waals surface area contributed by atoms with Crippen LogP contribution >= 0.6 is 0 Å². The Morgan fingerprint density at radius 2 is 2.09 bits per heavy atom. The van der Waals surface area contributed by atoms with Gasteiger partial charge in [-0.15, -0.1) is 0 Å². The van der Waals surface area contributed by atoms with E-state index in [9.17, 15) is 0 Å². The number of nitrogens with one attached hydrogen (secondary N) is 1. The lowest BCUT2D eigenvalue weighted by molar-refractivity contribution is 0.694. The molecule has 1 aromatic heterocycles. The molecule has 0 unspecified atom stereocenters. The van der Waals surface area contributed by atoms with Crippen LogP contribution in [0.3, 0.4) is 0 Å². The summed E-state index contributed by atoms with van der Waals surface area (Å²) in [6.45, 7) is 5.63. The quantitative estimate of drug-likeness (QED) is 0.654. The second kappa shape index (κ2) is 4.85. The number of hydrogen-bond donors (Lipinski definition) is 1. The lowest BCUT2D eigenvalue weighted by atomic mass is 10.3. The molecule has 0 atom stereocenters. The highest BCUT2D eigenvalue weighted by molar-refractivity contribution is 5.08. The van der Waals surface area contributed by atoms with E-state index in [1.807, 2.05) is 12.1 Å². The molecule has 0 aliphatic carbocycles. The molecule has 0 saturated heterocycles. The van der Waals surface area contributed by atoms with Gasteiger partial charge in [0.05, 0.1) is 0 Å². The van der Waals surface area contributed by atoms with Crippen LogP contribution in [0.4, 0.5) is 0 Å². The van der Waals surface area contributed by atoms with Crippen LogP contribution in [-0.4, -0.2) is 11.5 Å². The fraction of sp³-hybridized carbons (Fsp3) is 0.333. The van der Waals surface area contributed by atoms with Crippen LogP contribution in [0.1, 0.15) is 12.0 Å². The monoisotopic (exact) mass is 149 g/mol. The smallest absolute Gasteiger partial charge is 0.0271 e. The van der Waals surface area contributed by atoms with E-state index in [-0.39, 0.29) is 0 Å². The lowest BCUT2D eigenvalue weighted by Gasteiger charge is -2.00. The van der Waals surface area contributed by atoms with Crippen molar-refractivity contribution in [1.82, 2.24) is 10.3 Å². The Morgan fingerprint density at radius 3 is 2.73 bits per heavy atom. The highest BCUT2D eigenvalue weighted by Crippen LogP contribution is 1.94. The van der Waals surface area contributed by atoms with Gasteiger partial charge < -0.3 is 5.32 Å². The molecule has 1 radical (unpaired) electrons. The van der Waals surface area contributed by atoms with Crippen molar-refractivity contribution >= 4 is 0 Å². The molecule has 0 aromatic carbocycles. The predicted molar refractivity (Wildman–Crippen MR) is 45.9 cm³/mol. The summed E-state index contributed by atoms with van der Waals surface area (Å²) in [4.78, 5) is 3.93. The average molecular weight is 149 g/mol. The molecule has 59 valence electrons. The zero-order chi connectivity index (χ0) is 7.94. The molecule has 2 heteroatoms. The van der Waals surface area contributed by atoms with E-state index in [0.29, 0.717) is 0 Å². The molecule has 0 saturated carbocycles. The van der Waals surface area contributed by atoms with Crippen molar-refractivity contribution in [3.05, 3.63) is 37.0 Å². The van der Waals surface area contributed by atoms with Gasteiger partial charge in [-0.05, 0) is 30.7 Å². The summed E-state index contributed by atoms with van der Waals surface area (Å²) in [6.07, 6.45) is 4.55. The summed E-state index contributed by atoms with van der Waals surface area (Å²) < 4.78 is 0. The first-order valence-electron chi connectivity index (χ1n) is 3.82. The minimum absolute atomic E-state index is 0.915. The van der Waals surface area contributed by atoms with Crippen molar-refractivity contribution in [2.75, 3.05) is 6.54 Å². The topological polar surface area (TPSA) is 24.9 Å². The van der Waals surface area contributed by atoms with Crippen LogP contribution in [0, 0.1) is 6.92 Å². The van der Waals surface area contributed by atoms with Gasteiger partial charge in [0.25, 0.3) is 0 Å². The summed E-state index contributed by atoms with van der Waals surface area (Å²) in [5.74, 6) is 0. The maximum Gasteiger partial charge on any atom is 0.0271 e. The van der Waals surface area contributed by atoms with E-state index in [1.165, 1.54) is 5.56 Å². The summed E-state index contributed by atoms with van der Waals surface area (Å²) in [6, 6.07) is 4.02. The molecular formula is C9H13N2. The normalized spacial score (nSPS) is 9.91. The highest BCUT2D eigenvalue weighted by atomic mass is 14.8. The second-order valence-corrected chi connectivity index (χ2v) is 2.39. The number of rotatable bonds is 4. The van der Waals surface area contributed by atoms with Crippen molar-refractivity contribution < 1.29 is 0 Å². The van der Waals surface area contributed by atoms with Gasteiger partial charge in [0.15, 0.2) is 0 Å². The van der Waals surface area contributed by atoms with Gasteiger partial charge in [-0.25, -0.2) is 0 Å². The van der Waals surface area contributed by atoms with Crippen molar-refractivity contribution in [2.45, 2.75) is 13.0 Å². The van der Waals surface area contributed by atoms with E-state index < -0.39 is 0 Å². The van der Waals surface area contributed by atoms with Gasteiger partial charge in [0.2, 0.25) is 0 Å². The van der Waals surface area contributed by atoms with Crippen molar-refractivity contribution in [3.63, 3.8) is 0 Å². The molecule has 11 heavy (non-hydrogen) atoms. The van der Waals surface area contributed by atoms with Crippen LogP contribution in [0.15, 0.2) is 24.5 Å². The standard InChI is InChI=1S/C9H13N2/c1-2-5-11-8-9-3-6-10-7-4-9/h3-4,6-7,11H,1-2,5,8H2. The molecule has 1 rings (SSSR count). The van der Waals surface area contributed by atoms with Gasteiger partial charge in [0.1, 0.15) is 0 Å². The Kier molecular flexibility index (Phi) is 3.62. The van der Waals surface area contributed by atoms with Crippen LogP contribution in [0.25, 0.3) is 0 Å². The highest BCUT2D eigenvalue weighted by Gasteiger charge is 1.88. The van der Waals surface area contributed by atoms with Crippen LogP contribution < -0.4 is 5.32 Å². The van der Waals surface area contributed by atoms with Crippen molar-refractivity contribution in [2.24, 2.45) is 0 Å². The summed E-state index contributed by atoms with van der Waals surface area (Å²) in [5, 5.41) is 3.26. The molecule has 0 fully saturated rings. The molecule has 1 aromatic rings. The number of hydrogen-bond acceptors (Lipinski definition) is 2. The van der Waals surface area contributed by atoms with E-state index in [1.54, 1.807) is 12.4 Å². The number of nitrogens with zero attached hydrogens (tertiary/aromatic N) is 1. The molecule has 0 aliphatic heterocycles. The first kappa shape index (κ1) is 8.21. The Bertz CT molecular complexity index is 184. The van der Waals surface area contributed by atoms with Crippen LogP contribution in [-0.2, 0) is 6.54 Å². The number of aromatic nitrogens is 1. The fourth-order valence-electron chi connectivity index (χ4n) is 0.858. The Balaban J connectivity index is 2.28. The first-order chi connectivity index (χ1) is 5.43. The largest absolute Gasteiger partial charge is 0.313 e. The molecule has 1 heterocycles. The minimum atomic E-state index is 0.915. The van der Waals surface area contributed by atoms with E-state index in [4.69, 9.17) is 0 Å². The summed E-state index contributed by atoms with van der Waals surface area (Å²) in [5.41, 5.74) is 1.27. The van der Waals surface area contributed by atoms with E-state index in [0.717, 1.165) is 19.5 Å². The maximum atomic E-state index is 3.93. The van der Waals surface area contributed by atoms with Gasteiger partial charge in [-0.2, -0.15) is 0 Å². The Hall–Kier alpha value is -0.890. The maximum absolute atomic E-state index is 3.93. The third-order valence-corrected chi connectivity index (χ3v) is 1.43. The zero-order valence-electron chi connectivity index (χ0n) is 6.59. The molecular weight excluding hydrogens is 136 g/mol. The second-order valence-electron chi connectivity index (χ2n) is 2.39. The Morgan fingerprint density at radius 1 is 1.36 bits per heavy atom. The molecule has 1 N–H and O–H groups in total. The van der Waals surface area contributed by atoms with E-state index >= 15 is 0 Å². The number of pyridine rings is 1. The molecule has 0 aliphatic rings. The fourth-order valence-corrected chi connectivity index (χ4v) is 0.858. The van der Waals surface area contributed by atoms with E-state index in [2.05, 4.69) is 17.2 Å². The zero-order valence-corrected chi connectivity index (χ0v) is 6.59. The van der Waals surface area contributed by atoms with Gasteiger partial charge in [-0.3, -0.25) is 4.98 Å². The van der Waals surface area contributed by atoms with Crippen LogP contribution in [0.5, 0.6) is 0 Å². The Labute approximate surface area is 67.7 Å². The first-order valence-corrected chi connectivity index (χ1v) is 3.82. The predicted octanol–water partition coefficient (Wildman–Crippen LogP) is 1.40. The molecule has 0 bridgehead atoms. The van der Waals surface area contributed by atoms with Crippen molar-refractivity contribution in [1.29, 1.82) is 0 Å². The summed E-state index contributed by atoms with van der Waals surface area (Å²) in [7, 11) is 0. The summed E-state index contributed by atoms with van der Waals surface area (Å²) >= 11 is 0. The van der Waals surface area contributed by atoms with Crippen molar-refractivity contribution in [3.8, 4) is 0 Å².